The summed E-state index contributed by atoms with van der Waals surface area (Å²) in [5.41, 5.74) is 0. The fraction of sp³-hybridized carbons (Fsp3) is 0.778. The molecule has 9 heteroatoms. The average molecular weight is 281 g/mol. The summed E-state index contributed by atoms with van der Waals surface area (Å²) in [4.78, 5) is 21.9. The first-order valence-electron chi connectivity index (χ1n) is 5.38. The van der Waals surface area contributed by atoms with Gasteiger partial charge in [0.25, 0.3) is 0 Å². The Bertz CT molecular complexity index is 393. The second kappa shape index (κ2) is 7.17. The highest BCUT2D eigenvalue weighted by atomic mass is 32.2. The summed E-state index contributed by atoms with van der Waals surface area (Å²) < 4.78 is 23.8. The molecule has 2 amide bonds. The molecule has 0 aromatic carbocycles. The molecule has 0 saturated heterocycles. The smallest absolute Gasteiger partial charge is 0.326 e. The van der Waals surface area contributed by atoms with E-state index in [2.05, 4.69) is 10.6 Å². The molecular formula is C9H19N3O5S. The van der Waals surface area contributed by atoms with Crippen LogP contribution in [-0.4, -0.2) is 62.3 Å². The Kier molecular flexibility index (Phi) is 6.63. The molecule has 0 bridgehead atoms. The zero-order valence-electron chi connectivity index (χ0n) is 10.6. The van der Waals surface area contributed by atoms with Gasteiger partial charge in [0.2, 0.25) is 10.0 Å². The quantitative estimate of drug-likeness (QED) is 0.556. The van der Waals surface area contributed by atoms with Gasteiger partial charge >= 0.3 is 12.0 Å². The molecule has 0 heterocycles. The Morgan fingerprint density at radius 2 is 1.89 bits per heavy atom. The molecule has 1 atom stereocenters. The molecule has 0 aliphatic heterocycles. The molecule has 8 nitrogen and oxygen atoms in total. The van der Waals surface area contributed by atoms with Crippen molar-refractivity contribution >= 4 is 22.0 Å². The van der Waals surface area contributed by atoms with Gasteiger partial charge in [0, 0.05) is 20.6 Å². The van der Waals surface area contributed by atoms with Crippen LogP contribution in [0.25, 0.3) is 0 Å². The number of amides is 2. The van der Waals surface area contributed by atoms with Crippen molar-refractivity contribution in [3.05, 3.63) is 0 Å². The SMILES string of the molecule is CCC(NC(=O)NCCS(=O)(=O)N(C)C)C(=O)O. The predicted octanol–water partition coefficient (Wildman–Crippen LogP) is -0.960. The highest BCUT2D eigenvalue weighted by Crippen LogP contribution is 1.93. The average Bonchev–Trinajstić information content (AvgIpc) is 2.24. The number of rotatable bonds is 7. The first kappa shape index (κ1) is 16.6. The zero-order valence-corrected chi connectivity index (χ0v) is 11.5. The summed E-state index contributed by atoms with van der Waals surface area (Å²) in [5, 5.41) is 13.2. The van der Waals surface area contributed by atoms with Crippen molar-refractivity contribution in [1.82, 2.24) is 14.9 Å². The van der Waals surface area contributed by atoms with Crippen molar-refractivity contribution in [3.8, 4) is 0 Å². The van der Waals surface area contributed by atoms with Crippen LogP contribution in [0.4, 0.5) is 4.79 Å². The van der Waals surface area contributed by atoms with E-state index < -0.39 is 28.1 Å². The second-order valence-corrected chi connectivity index (χ2v) is 6.10. The van der Waals surface area contributed by atoms with Crippen LogP contribution in [0.15, 0.2) is 0 Å². The van der Waals surface area contributed by atoms with Gasteiger partial charge in [-0.3, -0.25) is 0 Å². The van der Waals surface area contributed by atoms with E-state index in [0.717, 1.165) is 4.31 Å². The normalized spacial score (nSPS) is 13.1. The Labute approximate surface area is 106 Å². The van der Waals surface area contributed by atoms with E-state index in [1.165, 1.54) is 14.1 Å². The monoisotopic (exact) mass is 281 g/mol. The fourth-order valence-electron chi connectivity index (χ4n) is 1.02. The molecule has 0 spiro atoms. The fourth-order valence-corrected chi connectivity index (χ4v) is 1.75. The van der Waals surface area contributed by atoms with Crippen molar-refractivity contribution in [3.63, 3.8) is 0 Å². The Balaban J connectivity index is 4.10. The summed E-state index contributed by atoms with van der Waals surface area (Å²) in [7, 11) is -0.578. The molecule has 0 rings (SSSR count). The van der Waals surface area contributed by atoms with Crippen LogP contribution >= 0.6 is 0 Å². The van der Waals surface area contributed by atoms with E-state index in [0.29, 0.717) is 0 Å². The minimum atomic E-state index is -3.37. The van der Waals surface area contributed by atoms with Crippen LogP contribution in [0.2, 0.25) is 0 Å². The molecule has 0 saturated carbocycles. The molecule has 106 valence electrons. The van der Waals surface area contributed by atoms with Crippen molar-refractivity contribution in [1.29, 1.82) is 0 Å². The topological polar surface area (TPSA) is 116 Å². The van der Waals surface area contributed by atoms with Crippen LogP contribution in [0.5, 0.6) is 0 Å². The molecule has 18 heavy (non-hydrogen) atoms. The third kappa shape index (κ3) is 5.82. The standard InChI is InChI=1S/C9H19N3O5S/c1-4-7(8(13)14)11-9(15)10-5-6-18(16,17)12(2)3/h7H,4-6H2,1-3H3,(H,13,14)(H2,10,11,15). The highest BCUT2D eigenvalue weighted by molar-refractivity contribution is 7.89. The minimum absolute atomic E-state index is 0.0810. The van der Waals surface area contributed by atoms with Crippen LogP contribution < -0.4 is 10.6 Å². The maximum absolute atomic E-state index is 11.4. The van der Waals surface area contributed by atoms with Crippen molar-refractivity contribution in [2.75, 3.05) is 26.4 Å². The van der Waals surface area contributed by atoms with Gasteiger partial charge in [-0.05, 0) is 6.42 Å². The summed E-state index contributed by atoms with van der Waals surface area (Å²) in [6.07, 6.45) is 0.249. The molecule has 3 N–H and O–H groups in total. The van der Waals surface area contributed by atoms with Crippen LogP contribution in [0.1, 0.15) is 13.3 Å². The maximum atomic E-state index is 11.4. The van der Waals surface area contributed by atoms with Crippen LogP contribution in [-0.2, 0) is 14.8 Å². The van der Waals surface area contributed by atoms with Crippen LogP contribution in [0, 0.1) is 0 Å². The molecule has 0 fully saturated rings. The molecule has 0 aromatic heterocycles. The Morgan fingerprint density at radius 3 is 2.28 bits per heavy atom. The Hall–Kier alpha value is -1.35. The predicted molar refractivity (Wildman–Crippen MR) is 65.7 cm³/mol. The molecule has 0 aliphatic carbocycles. The molecule has 0 radical (unpaired) electrons. The molecule has 1 unspecified atom stereocenters. The lowest BCUT2D eigenvalue weighted by atomic mass is 10.2. The number of urea groups is 1. The molecule has 0 aliphatic rings. The lowest BCUT2D eigenvalue weighted by Gasteiger charge is -2.14. The first-order chi connectivity index (χ1) is 8.20. The second-order valence-electron chi connectivity index (χ2n) is 3.80. The largest absolute Gasteiger partial charge is 0.480 e. The summed E-state index contributed by atoms with van der Waals surface area (Å²) >= 11 is 0. The van der Waals surface area contributed by atoms with E-state index in [9.17, 15) is 18.0 Å². The van der Waals surface area contributed by atoms with Gasteiger partial charge in [0.05, 0.1) is 5.75 Å². The van der Waals surface area contributed by atoms with E-state index >= 15 is 0 Å². The summed E-state index contributed by atoms with van der Waals surface area (Å²) in [6, 6.07) is -1.67. The van der Waals surface area contributed by atoms with Gasteiger partial charge in [0.15, 0.2) is 0 Å². The van der Waals surface area contributed by atoms with Gasteiger partial charge < -0.3 is 15.7 Å². The lowest BCUT2D eigenvalue weighted by molar-refractivity contribution is -0.139. The number of carbonyl (C=O) groups is 2. The highest BCUT2D eigenvalue weighted by Gasteiger charge is 2.18. The van der Waals surface area contributed by atoms with E-state index in [-0.39, 0.29) is 18.7 Å². The number of carbonyl (C=O) groups excluding carboxylic acids is 1. The minimum Gasteiger partial charge on any atom is -0.480 e. The lowest BCUT2D eigenvalue weighted by Crippen LogP contribution is -2.47. The number of aliphatic carboxylic acids is 1. The number of nitrogens with one attached hydrogen (secondary N) is 2. The number of hydrogen-bond donors (Lipinski definition) is 3. The molecule has 0 aromatic rings. The van der Waals surface area contributed by atoms with Gasteiger partial charge in [-0.25, -0.2) is 22.3 Å². The maximum Gasteiger partial charge on any atom is 0.326 e. The van der Waals surface area contributed by atoms with E-state index in [1.54, 1.807) is 6.92 Å². The number of hydrogen-bond acceptors (Lipinski definition) is 4. The van der Waals surface area contributed by atoms with Crippen molar-refractivity contribution in [2.24, 2.45) is 0 Å². The Morgan fingerprint density at radius 1 is 1.33 bits per heavy atom. The molecular weight excluding hydrogens is 262 g/mol. The summed E-state index contributed by atoms with van der Waals surface area (Å²) in [5.74, 6) is -1.37. The number of carboxylic acid groups (broad SMARTS) is 1. The third-order valence-corrected chi connectivity index (χ3v) is 4.05. The van der Waals surface area contributed by atoms with Crippen molar-refractivity contribution < 1.29 is 23.1 Å². The van der Waals surface area contributed by atoms with Gasteiger partial charge in [-0.15, -0.1) is 0 Å². The van der Waals surface area contributed by atoms with Gasteiger partial charge in [-0.1, -0.05) is 6.92 Å². The van der Waals surface area contributed by atoms with Crippen molar-refractivity contribution in [2.45, 2.75) is 19.4 Å². The number of nitrogens with zero attached hydrogens (tertiary/aromatic N) is 1. The number of sulfonamides is 1. The van der Waals surface area contributed by atoms with Gasteiger partial charge in [0.1, 0.15) is 6.04 Å². The number of carboxylic acids is 1. The van der Waals surface area contributed by atoms with E-state index in [4.69, 9.17) is 5.11 Å². The first-order valence-corrected chi connectivity index (χ1v) is 6.99. The van der Waals surface area contributed by atoms with Crippen LogP contribution in [0.3, 0.4) is 0 Å². The van der Waals surface area contributed by atoms with E-state index in [1.807, 2.05) is 0 Å². The van der Waals surface area contributed by atoms with Gasteiger partial charge in [-0.2, -0.15) is 0 Å². The zero-order chi connectivity index (χ0) is 14.3. The third-order valence-electron chi connectivity index (χ3n) is 2.21. The summed E-state index contributed by atoms with van der Waals surface area (Å²) in [6.45, 7) is 1.54.